The Morgan fingerprint density at radius 1 is 1.20 bits per heavy atom. The fourth-order valence-electron chi connectivity index (χ4n) is 2.50. The molecule has 1 aromatic heterocycles. The van der Waals surface area contributed by atoms with Crippen molar-refractivity contribution >= 4 is 23.2 Å². The summed E-state index contributed by atoms with van der Waals surface area (Å²) in [4.78, 5) is 16.2. The van der Waals surface area contributed by atoms with Crippen LogP contribution in [0.25, 0.3) is 0 Å². The van der Waals surface area contributed by atoms with E-state index in [0.717, 1.165) is 16.8 Å². The zero-order valence-electron chi connectivity index (χ0n) is 14.0. The smallest absolute Gasteiger partial charge is 0.316 e. The number of hydrogen-bond acceptors (Lipinski definition) is 4. The Morgan fingerprint density at radius 2 is 2.00 bits per heavy atom. The third kappa shape index (κ3) is 4.00. The van der Waals surface area contributed by atoms with Gasteiger partial charge < -0.3 is 14.6 Å². The third-order valence-electron chi connectivity index (χ3n) is 3.82. The summed E-state index contributed by atoms with van der Waals surface area (Å²) < 4.78 is 6.96. The largest absolute Gasteiger partial charge is 0.490 e. The molecule has 0 aliphatic carbocycles. The zero-order chi connectivity index (χ0) is 17.8. The summed E-state index contributed by atoms with van der Waals surface area (Å²) in [6, 6.07) is 15.4. The lowest BCUT2D eigenvalue weighted by Crippen LogP contribution is -2.19. The van der Waals surface area contributed by atoms with Crippen LogP contribution < -0.4 is 15.6 Å². The number of hydrogen-bond donors (Lipinski definition) is 1. The quantitative estimate of drug-likeness (QED) is 0.751. The number of rotatable bonds is 5. The van der Waals surface area contributed by atoms with Gasteiger partial charge in [0.15, 0.2) is 0 Å². The fraction of sp³-hybridized carbons (Fsp3) is 0.158. The van der Waals surface area contributed by atoms with Crippen molar-refractivity contribution in [3.05, 3.63) is 81.2 Å². The summed E-state index contributed by atoms with van der Waals surface area (Å²) in [5.74, 6) is 0.637. The van der Waals surface area contributed by atoms with Gasteiger partial charge in [-0.25, -0.2) is 0 Å². The number of para-hydroxylation sites is 1. The van der Waals surface area contributed by atoms with Gasteiger partial charge in [-0.3, -0.25) is 4.79 Å². The predicted octanol–water partition coefficient (Wildman–Crippen LogP) is 4.01. The molecular weight excluding hydrogens is 338 g/mol. The fourth-order valence-corrected chi connectivity index (χ4v) is 2.71. The molecule has 0 unspecified atom stereocenters. The van der Waals surface area contributed by atoms with E-state index in [1.54, 1.807) is 6.20 Å². The normalized spacial score (nSPS) is 10.5. The summed E-state index contributed by atoms with van der Waals surface area (Å²) in [5.41, 5.74) is 2.52. The topological polar surface area (TPSA) is 56.1 Å². The van der Waals surface area contributed by atoms with Gasteiger partial charge in [0.1, 0.15) is 0 Å². The van der Waals surface area contributed by atoms with Gasteiger partial charge in [0.25, 0.3) is 0 Å². The first-order valence-corrected chi connectivity index (χ1v) is 8.17. The highest BCUT2D eigenvalue weighted by Crippen LogP contribution is 2.20. The molecule has 0 fully saturated rings. The van der Waals surface area contributed by atoms with Gasteiger partial charge in [-0.05, 0) is 36.2 Å². The highest BCUT2D eigenvalue weighted by atomic mass is 35.5. The molecule has 0 saturated carbocycles. The molecule has 2 aromatic carbocycles. The number of methoxy groups -OCH3 is 1. The van der Waals surface area contributed by atoms with E-state index in [1.165, 1.54) is 7.11 Å². The lowest BCUT2D eigenvalue weighted by atomic mass is 10.2. The highest BCUT2D eigenvalue weighted by molar-refractivity contribution is 6.30. The third-order valence-corrected chi connectivity index (χ3v) is 4.05. The molecule has 0 radical (unpaired) electrons. The van der Waals surface area contributed by atoms with Gasteiger partial charge >= 0.3 is 5.56 Å². The van der Waals surface area contributed by atoms with E-state index in [1.807, 2.05) is 60.0 Å². The Morgan fingerprint density at radius 3 is 2.72 bits per heavy atom. The first-order chi connectivity index (χ1) is 12.1. The second-order valence-corrected chi connectivity index (χ2v) is 6.07. The molecule has 128 valence electrons. The van der Waals surface area contributed by atoms with Crippen LogP contribution in [0.4, 0.5) is 11.6 Å². The predicted molar refractivity (Wildman–Crippen MR) is 100 cm³/mol. The summed E-state index contributed by atoms with van der Waals surface area (Å²) in [5, 5.41) is 3.89. The Kier molecular flexibility index (Phi) is 5.05. The van der Waals surface area contributed by atoms with E-state index in [0.29, 0.717) is 17.5 Å². The molecule has 0 aliphatic rings. The van der Waals surface area contributed by atoms with Crippen LogP contribution in [0, 0.1) is 6.92 Å². The van der Waals surface area contributed by atoms with Gasteiger partial charge in [-0.15, -0.1) is 0 Å². The summed E-state index contributed by atoms with van der Waals surface area (Å²) >= 11 is 6.07. The van der Waals surface area contributed by atoms with E-state index in [2.05, 4.69) is 10.3 Å². The maximum atomic E-state index is 12.1. The van der Waals surface area contributed by atoms with Crippen LogP contribution in [0.1, 0.15) is 11.1 Å². The Hall–Kier alpha value is -2.79. The maximum absolute atomic E-state index is 12.1. The average Bonchev–Trinajstić information content (AvgIpc) is 2.59. The Bertz CT molecular complexity index is 953. The van der Waals surface area contributed by atoms with Crippen molar-refractivity contribution in [1.82, 2.24) is 9.55 Å². The van der Waals surface area contributed by atoms with Crippen molar-refractivity contribution in [2.75, 3.05) is 12.4 Å². The molecule has 0 atom stereocenters. The molecule has 0 aliphatic heterocycles. The van der Waals surface area contributed by atoms with Gasteiger partial charge in [0.05, 0.1) is 19.9 Å². The zero-order valence-corrected chi connectivity index (χ0v) is 14.7. The maximum Gasteiger partial charge on any atom is 0.316 e. The number of nitrogens with zero attached hydrogens (tertiary/aromatic N) is 2. The van der Waals surface area contributed by atoms with Crippen LogP contribution in [-0.4, -0.2) is 16.7 Å². The van der Waals surface area contributed by atoms with Crippen LogP contribution in [0.3, 0.4) is 0 Å². The number of anilines is 2. The van der Waals surface area contributed by atoms with E-state index >= 15 is 0 Å². The first-order valence-electron chi connectivity index (χ1n) is 7.79. The van der Waals surface area contributed by atoms with E-state index in [-0.39, 0.29) is 5.75 Å². The highest BCUT2D eigenvalue weighted by Gasteiger charge is 2.11. The molecule has 0 saturated heterocycles. The van der Waals surface area contributed by atoms with Crippen LogP contribution in [0.5, 0.6) is 5.75 Å². The Labute approximate surface area is 150 Å². The lowest BCUT2D eigenvalue weighted by molar-refractivity contribution is 0.402. The van der Waals surface area contributed by atoms with Crippen LogP contribution in [-0.2, 0) is 6.54 Å². The molecule has 3 rings (SSSR count). The number of aromatic nitrogens is 2. The second-order valence-electron chi connectivity index (χ2n) is 5.64. The van der Waals surface area contributed by atoms with E-state index in [9.17, 15) is 4.79 Å². The van der Waals surface area contributed by atoms with Crippen molar-refractivity contribution in [1.29, 1.82) is 0 Å². The molecule has 0 amide bonds. The minimum absolute atomic E-state index is 0.192. The van der Waals surface area contributed by atoms with Crippen molar-refractivity contribution in [3.63, 3.8) is 0 Å². The Balaban J connectivity index is 2.02. The standard InChI is InChI=1S/C19H18ClN3O2/c1-13-6-3-4-9-16(13)21-19-22-18(24)17(25-2)12-23(19)11-14-7-5-8-15(20)10-14/h3-10,12H,11H2,1-2H3,(H,21,22,24). The van der Waals surface area contributed by atoms with Gasteiger partial charge in [0, 0.05) is 10.7 Å². The molecule has 1 N–H and O–H groups in total. The SMILES string of the molecule is COc1cn(Cc2cccc(Cl)c2)c(Nc2ccccc2C)nc1=O. The monoisotopic (exact) mass is 355 g/mol. The number of halogens is 1. The number of nitrogens with one attached hydrogen (secondary N) is 1. The van der Waals surface area contributed by atoms with Gasteiger partial charge in [0.2, 0.25) is 11.7 Å². The first kappa shape index (κ1) is 17.0. The van der Waals surface area contributed by atoms with Gasteiger partial charge in [-0.2, -0.15) is 4.98 Å². The minimum atomic E-state index is -0.416. The molecular formula is C19H18ClN3O2. The second kappa shape index (κ2) is 7.40. The van der Waals surface area contributed by atoms with Crippen molar-refractivity contribution in [2.24, 2.45) is 0 Å². The number of ether oxygens (including phenoxy) is 1. The summed E-state index contributed by atoms with van der Waals surface area (Å²) in [6.45, 7) is 2.49. The lowest BCUT2D eigenvalue weighted by Gasteiger charge is -2.16. The summed E-state index contributed by atoms with van der Waals surface area (Å²) in [7, 11) is 1.45. The molecule has 1 heterocycles. The van der Waals surface area contributed by atoms with Crippen LogP contribution in [0.15, 0.2) is 59.5 Å². The van der Waals surface area contributed by atoms with E-state index in [4.69, 9.17) is 16.3 Å². The van der Waals surface area contributed by atoms with Crippen LogP contribution in [0.2, 0.25) is 5.02 Å². The van der Waals surface area contributed by atoms with Crippen molar-refractivity contribution in [3.8, 4) is 5.75 Å². The molecule has 3 aromatic rings. The summed E-state index contributed by atoms with van der Waals surface area (Å²) in [6.07, 6.45) is 1.65. The molecule has 6 heteroatoms. The van der Waals surface area contributed by atoms with Crippen molar-refractivity contribution < 1.29 is 4.74 Å². The van der Waals surface area contributed by atoms with E-state index < -0.39 is 5.56 Å². The van der Waals surface area contributed by atoms with Crippen molar-refractivity contribution in [2.45, 2.75) is 13.5 Å². The molecule has 0 bridgehead atoms. The number of benzene rings is 2. The van der Waals surface area contributed by atoms with Crippen LogP contribution >= 0.6 is 11.6 Å². The molecule has 25 heavy (non-hydrogen) atoms. The average molecular weight is 356 g/mol. The number of aryl methyl sites for hydroxylation is 1. The molecule has 5 nitrogen and oxygen atoms in total. The molecule has 0 spiro atoms. The van der Waals surface area contributed by atoms with Gasteiger partial charge in [-0.1, -0.05) is 41.9 Å². The minimum Gasteiger partial charge on any atom is -0.490 e.